The number of hydrogen-bond donors (Lipinski definition) is 1. The minimum absolute atomic E-state index is 0.593. The Kier molecular flexibility index (Phi) is 4.64. The fraction of sp³-hybridized carbons (Fsp3) is 0.308. The summed E-state index contributed by atoms with van der Waals surface area (Å²) in [6.07, 6.45) is 2.77. The zero-order valence-electron chi connectivity index (χ0n) is 10.2. The van der Waals surface area contributed by atoms with Crippen LogP contribution in [0.2, 0.25) is 10.0 Å². The number of aromatic nitrogens is 2. The van der Waals surface area contributed by atoms with Crippen LogP contribution in [0.3, 0.4) is 0 Å². The quantitative estimate of drug-likeness (QED) is 0.855. The van der Waals surface area contributed by atoms with Crippen molar-refractivity contribution in [2.24, 2.45) is 7.05 Å². The number of rotatable bonds is 5. The summed E-state index contributed by atoms with van der Waals surface area (Å²) < 4.78 is 1.89. The Morgan fingerprint density at radius 3 is 2.72 bits per heavy atom. The van der Waals surface area contributed by atoms with E-state index in [1.54, 1.807) is 0 Å². The van der Waals surface area contributed by atoms with Gasteiger partial charge in [0.05, 0.1) is 10.0 Å². The van der Waals surface area contributed by atoms with E-state index in [9.17, 15) is 0 Å². The molecule has 2 aromatic rings. The molecule has 96 valence electrons. The van der Waals surface area contributed by atoms with E-state index in [4.69, 9.17) is 23.2 Å². The zero-order chi connectivity index (χ0) is 13.0. The first-order valence-electron chi connectivity index (χ1n) is 5.78. The van der Waals surface area contributed by atoms with Crippen LogP contribution in [-0.4, -0.2) is 16.3 Å². The van der Waals surface area contributed by atoms with E-state index in [-0.39, 0.29) is 0 Å². The fourth-order valence-corrected chi connectivity index (χ4v) is 2.07. The number of nitrogens with zero attached hydrogens (tertiary/aromatic N) is 2. The molecular formula is C13H15Cl2N3. The molecule has 1 aromatic carbocycles. The molecule has 1 N–H and O–H groups in total. The van der Waals surface area contributed by atoms with Gasteiger partial charge in [0.25, 0.3) is 0 Å². The normalized spacial score (nSPS) is 10.8. The lowest BCUT2D eigenvalue weighted by Gasteiger charge is -2.06. The van der Waals surface area contributed by atoms with Crippen LogP contribution in [0.1, 0.15) is 11.3 Å². The van der Waals surface area contributed by atoms with Crippen molar-refractivity contribution in [1.82, 2.24) is 15.1 Å². The average molecular weight is 284 g/mol. The van der Waals surface area contributed by atoms with Crippen molar-refractivity contribution in [2.45, 2.75) is 13.0 Å². The highest BCUT2D eigenvalue weighted by molar-refractivity contribution is 6.42. The predicted octanol–water partition coefficient (Wildman–Crippen LogP) is 3.06. The third kappa shape index (κ3) is 3.48. The Morgan fingerprint density at radius 1 is 1.22 bits per heavy atom. The maximum Gasteiger partial charge on any atom is 0.0595 e. The molecule has 2 rings (SSSR count). The molecule has 1 aromatic heterocycles. The summed E-state index contributed by atoms with van der Waals surface area (Å²) in [4.78, 5) is 0. The summed E-state index contributed by atoms with van der Waals surface area (Å²) >= 11 is 11.8. The second kappa shape index (κ2) is 6.23. The van der Waals surface area contributed by atoms with E-state index in [0.29, 0.717) is 10.0 Å². The van der Waals surface area contributed by atoms with Crippen molar-refractivity contribution in [3.8, 4) is 0 Å². The van der Waals surface area contributed by atoms with Gasteiger partial charge in [-0.05, 0) is 23.8 Å². The van der Waals surface area contributed by atoms with Gasteiger partial charge in [0.1, 0.15) is 0 Å². The highest BCUT2D eigenvalue weighted by Crippen LogP contribution is 2.22. The molecule has 0 saturated carbocycles. The summed E-state index contributed by atoms with van der Waals surface area (Å²) in [7, 11) is 1.95. The second-order valence-corrected chi connectivity index (χ2v) is 4.94. The van der Waals surface area contributed by atoms with Crippen LogP contribution in [-0.2, 0) is 20.0 Å². The Bertz CT molecular complexity index is 523. The lowest BCUT2D eigenvalue weighted by molar-refractivity contribution is 0.643. The van der Waals surface area contributed by atoms with E-state index >= 15 is 0 Å². The number of hydrogen-bond acceptors (Lipinski definition) is 2. The molecule has 0 saturated heterocycles. The van der Waals surface area contributed by atoms with Gasteiger partial charge in [0, 0.05) is 38.4 Å². The third-order valence-corrected chi connectivity index (χ3v) is 3.53. The number of halogens is 2. The molecule has 0 bridgehead atoms. The standard InChI is InChI=1S/C13H15Cl2N3/c1-18-11(5-7-17-18)4-6-16-9-10-2-3-12(14)13(15)8-10/h2-3,5,7-8,16H,4,6,9H2,1H3. The number of benzene rings is 1. The largest absolute Gasteiger partial charge is 0.312 e. The van der Waals surface area contributed by atoms with Crippen LogP contribution in [0, 0.1) is 0 Å². The van der Waals surface area contributed by atoms with Crippen molar-refractivity contribution in [3.05, 3.63) is 51.8 Å². The van der Waals surface area contributed by atoms with Crippen LogP contribution >= 0.6 is 23.2 Å². The molecule has 5 heteroatoms. The van der Waals surface area contributed by atoms with Gasteiger partial charge in [-0.25, -0.2) is 0 Å². The van der Waals surface area contributed by atoms with Crippen molar-refractivity contribution < 1.29 is 0 Å². The summed E-state index contributed by atoms with van der Waals surface area (Å²) in [5.74, 6) is 0. The van der Waals surface area contributed by atoms with E-state index in [2.05, 4.69) is 10.4 Å². The minimum atomic E-state index is 0.593. The lowest BCUT2D eigenvalue weighted by Crippen LogP contribution is -2.17. The molecule has 0 amide bonds. The van der Waals surface area contributed by atoms with E-state index in [0.717, 1.165) is 25.1 Å². The first-order chi connectivity index (χ1) is 8.66. The van der Waals surface area contributed by atoms with Crippen LogP contribution in [0.5, 0.6) is 0 Å². The molecule has 1 heterocycles. The van der Waals surface area contributed by atoms with Gasteiger partial charge in [-0.3, -0.25) is 4.68 Å². The Morgan fingerprint density at radius 2 is 2.06 bits per heavy atom. The van der Waals surface area contributed by atoms with Crippen molar-refractivity contribution in [2.75, 3.05) is 6.54 Å². The maximum absolute atomic E-state index is 5.96. The highest BCUT2D eigenvalue weighted by atomic mass is 35.5. The van der Waals surface area contributed by atoms with Crippen LogP contribution in [0.15, 0.2) is 30.5 Å². The number of aryl methyl sites for hydroxylation is 1. The van der Waals surface area contributed by atoms with E-state index in [1.807, 2.05) is 42.2 Å². The highest BCUT2D eigenvalue weighted by Gasteiger charge is 2.00. The molecule has 0 atom stereocenters. The van der Waals surface area contributed by atoms with Crippen molar-refractivity contribution in [3.63, 3.8) is 0 Å². The maximum atomic E-state index is 5.96. The molecule has 0 aliphatic rings. The summed E-state index contributed by atoms with van der Waals surface area (Å²) in [6, 6.07) is 7.72. The Labute approximate surface area is 117 Å². The molecule has 0 spiro atoms. The second-order valence-electron chi connectivity index (χ2n) is 4.12. The van der Waals surface area contributed by atoms with E-state index in [1.165, 1.54) is 5.69 Å². The third-order valence-electron chi connectivity index (χ3n) is 2.79. The van der Waals surface area contributed by atoms with Crippen molar-refractivity contribution in [1.29, 1.82) is 0 Å². The molecule has 0 radical (unpaired) electrons. The van der Waals surface area contributed by atoms with Gasteiger partial charge in [-0.1, -0.05) is 29.3 Å². The zero-order valence-corrected chi connectivity index (χ0v) is 11.7. The fourth-order valence-electron chi connectivity index (χ4n) is 1.75. The average Bonchev–Trinajstić information content (AvgIpc) is 2.75. The van der Waals surface area contributed by atoms with E-state index < -0.39 is 0 Å². The molecule has 3 nitrogen and oxygen atoms in total. The summed E-state index contributed by atoms with van der Waals surface area (Å²) in [5, 5.41) is 8.70. The molecule has 0 unspecified atom stereocenters. The lowest BCUT2D eigenvalue weighted by atomic mass is 10.2. The van der Waals surface area contributed by atoms with Gasteiger partial charge in [-0.2, -0.15) is 5.10 Å². The van der Waals surface area contributed by atoms with Gasteiger partial charge >= 0.3 is 0 Å². The smallest absolute Gasteiger partial charge is 0.0595 e. The molecular weight excluding hydrogens is 269 g/mol. The molecule has 0 fully saturated rings. The van der Waals surface area contributed by atoms with Crippen LogP contribution in [0.25, 0.3) is 0 Å². The van der Waals surface area contributed by atoms with Crippen molar-refractivity contribution >= 4 is 23.2 Å². The number of nitrogens with one attached hydrogen (secondary N) is 1. The summed E-state index contributed by atoms with van der Waals surface area (Å²) in [5.41, 5.74) is 2.35. The first kappa shape index (κ1) is 13.4. The molecule has 0 aliphatic carbocycles. The SMILES string of the molecule is Cn1nccc1CCNCc1ccc(Cl)c(Cl)c1. The molecule has 0 aliphatic heterocycles. The van der Waals surface area contributed by atoms with Gasteiger partial charge in [0.2, 0.25) is 0 Å². The monoisotopic (exact) mass is 283 g/mol. The van der Waals surface area contributed by atoms with Gasteiger partial charge in [0.15, 0.2) is 0 Å². The Hall–Kier alpha value is -1.03. The first-order valence-corrected chi connectivity index (χ1v) is 6.54. The van der Waals surface area contributed by atoms with Gasteiger partial charge in [-0.15, -0.1) is 0 Å². The molecule has 18 heavy (non-hydrogen) atoms. The topological polar surface area (TPSA) is 29.9 Å². The van der Waals surface area contributed by atoms with Crippen LogP contribution in [0.4, 0.5) is 0 Å². The Balaban J connectivity index is 1.78. The van der Waals surface area contributed by atoms with Crippen LogP contribution < -0.4 is 5.32 Å². The minimum Gasteiger partial charge on any atom is -0.312 e. The van der Waals surface area contributed by atoms with Gasteiger partial charge < -0.3 is 5.32 Å². The predicted molar refractivity (Wildman–Crippen MR) is 75.1 cm³/mol. The summed E-state index contributed by atoms with van der Waals surface area (Å²) in [6.45, 7) is 1.69.